The molecular formula is C12H20N6O. The van der Waals surface area contributed by atoms with E-state index in [0.29, 0.717) is 12.4 Å². The molecule has 0 atom stereocenters. The zero-order chi connectivity index (χ0) is 13.9. The lowest BCUT2D eigenvalue weighted by molar-refractivity contribution is 0.352. The van der Waals surface area contributed by atoms with Gasteiger partial charge in [-0.2, -0.15) is 4.98 Å². The van der Waals surface area contributed by atoms with Gasteiger partial charge in [0, 0.05) is 11.8 Å². The number of rotatable bonds is 5. The Bertz CT molecular complexity index is 524. The lowest BCUT2D eigenvalue weighted by Gasteiger charge is -2.15. The Morgan fingerprint density at radius 2 is 2.05 bits per heavy atom. The van der Waals surface area contributed by atoms with Crippen molar-refractivity contribution in [1.82, 2.24) is 30.3 Å². The van der Waals surface area contributed by atoms with Gasteiger partial charge in [0.1, 0.15) is 6.54 Å². The van der Waals surface area contributed by atoms with E-state index in [1.165, 1.54) is 0 Å². The van der Waals surface area contributed by atoms with Crippen LogP contribution in [0.2, 0.25) is 0 Å². The molecule has 0 radical (unpaired) electrons. The molecule has 7 heteroatoms. The summed E-state index contributed by atoms with van der Waals surface area (Å²) in [7, 11) is 0. The quantitative estimate of drug-likeness (QED) is 0.818. The summed E-state index contributed by atoms with van der Waals surface area (Å²) in [6.07, 6.45) is 3.03. The average Bonchev–Trinajstić information content (AvgIpc) is 2.95. The number of nitrogens with zero attached hydrogens (tertiary/aromatic N) is 6. The molecule has 0 N–H and O–H groups in total. The van der Waals surface area contributed by atoms with Crippen LogP contribution in [-0.4, -0.2) is 30.3 Å². The van der Waals surface area contributed by atoms with Gasteiger partial charge < -0.3 is 4.52 Å². The number of tetrazole rings is 1. The zero-order valence-electron chi connectivity index (χ0n) is 11.9. The third-order valence-corrected chi connectivity index (χ3v) is 2.75. The second kappa shape index (κ2) is 5.46. The van der Waals surface area contributed by atoms with Crippen LogP contribution in [0.1, 0.15) is 58.1 Å². The number of hydrogen-bond acceptors (Lipinski definition) is 6. The minimum absolute atomic E-state index is 0.117. The Morgan fingerprint density at radius 3 is 2.74 bits per heavy atom. The summed E-state index contributed by atoms with van der Waals surface area (Å²) >= 11 is 0. The molecule has 0 spiro atoms. The molecule has 0 fully saturated rings. The molecule has 7 nitrogen and oxygen atoms in total. The molecule has 2 aromatic rings. The summed E-state index contributed by atoms with van der Waals surface area (Å²) < 4.78 is 6.93. The Hall–Kier alpha value is -1.79. The van der Waals surface area contributed by atoms with Gasteiger partial charge in [0.25, 0.3) is 0 Å². The minimum Gasteiger partial charge on any atom is -0.337 e. The number of hydrogen-bond donors (Lipinski definition) is 0. The summed E-state index contributed by atoms with van der Waals surface area (Å²) in [5.74, 6) is 2.10. The van der Waals surface area contributed by atoms with E-state index in [2.05, 4.69) is 53.4 Å². The van der Waals surface area contributed by atoms with Crippen LogP contribution in [0.3, 0.4) is 0 Å². The van der Waals surface area contributed by atoms with Crippen molar-refractivity contribution >= 4 is 0 Å². The first-order chi connectivity index (χ1) is 9.00. The summed E-state index contributed by atoms with van der Waals surface area (Å²) in [6.45, 7) is 8.75. The van der Waals surface area contributed by atoms with Crippen molar-refractivity contribution in [3.05, 3.63) is 17.5 Å². The van der Waals surface area contributed by atoms with Crippen molar-refractivity contribution in [2.45, 2.75) is 58.9 Å². The summed E-state index contributed by atoms with van der Waals surface area (Å²) in [5.41, 5.74) is -0.117. The van der Waals surface area contributed by atoms with Gasteiger partial charge in [-0.15, -0.1) is 5.10 Å². The molecule has 0 saturated carbocycles. The van der Waals surface area contributed by atoms with Gasteiger partial charge in [0.15, 0.2) is 11.6 Å². The number of aromatic nitrogens is 6. The lowest BCUT2D eigenvalue weighted by Crippen LogP contribution is -2.20. The summed E-state index contributed by atoms with van der Waals surface area (Å²) in [5, 5.41) is 15.7. The highest BCUT2D eigenvalue weighted by Gasteiger charge is 2.23. The number of aryl methyl sites for hydroxylation is 1. The first-order valence-corrected chi connectivity index (χ1v) is 6.59. The van der Waals surface area contributed by atoms with E-state index >= 15 is 0 Å². The molecular weight excluding hydrogens is 244 g/mol. The maximum absolute atomic E-state index is 5.23. The average molecular weight is 264 g/mol. The molecule has 0 aliphatic carbocycles. The van der Waals surface area contributed by atoms with Crippen LogP contribution < -0.4 is 0 Å². The van der Waals surface area contributed by atoms with Crippen molar-refractivity contribution in [2.75, 3.05) is 0 Å². The van der Waals surface area contributed by atoms with Gasteiger partial charge in [0.2, 0.25) is 5.89 Å². The van der Waals surface area contributed by atoms with Crippen LogP contribution >= 0.6 is 0 Å². The Balaban J connectivity index is 2.09. The highest BCUT2D eigenvalue weighted by Crippen LogP contribution is 2.19. The van der Waals surface area contributed by atoms with E-state index in [1.807, 2.05) is 0 Å². The van der Waals surface area contributed by atoms with E-state index in [1.54, 1.807) is 4.68 Å². The van der Waals surface area contributed by atoms with E-state index in [9.17, 15) is 0 Å². The fraction of sp³-hybridized carbons (Fsp3) is 0.750. The monoisotopic (exact) mass is 264 g/mol. The zero-order valence-corrected chi connectivity index (χ0v) is 11.9. The van der Waals surface area contributed by atoms with E-state index in [4.69, 9.17) is 4.52 Å². The van der Waals surface area contributed by atoms with Crippen molar-refractivity contribution < 1.29 is 4.52 Å². The van der Waals surface area contributed by atoms with Crippen molar-refractivity contribution in [3.63, 3.8) is 0 Å². The standard InChI is InChI=1S/C12H20N6O/c1-5-6-7-9-13-10(19-15-9)8-18-11(12(2,3)4)14-16-17-18/h5-8H2,1-4H3. The molecule has 19 heavy (non-hydrogen) atoms. The fourth-order valence-corrected chi connectivity index (χ4v) is 1.77. The van der Waals surface area contributed by atoms with Crippen molar-refractivity contribution in [2.24, 2.45) is 0 Å². The molecule has 2 heterocycles. The lowest BCUT2D eigenvalue weighted by atomic mass is 9.96. The van der Waals surface area contributed by atoms with E-state index in [-0.39, 0.29) is 5.41 Å². The number of unbranched alkanes of at least 4 members (excludes halogenated alkanes) is 1. The molecule has 0 aliphatic heterocycles. The van der Waals surface area contributed by atoms with Crippen LogP contribution in [0.5, 0.6) is 0 Å². The van der Waals surface area contributed by atoms with Crippen LogP contribution in [0, 0.1) is 0 Å². The van der Waals surface area contributed by atoms with Crippen molar-refractivity contribution in [1.29, 1.82) is 0 Å². The molecule has 104 valence electrons. The third-order valence-electron chi connectivity index (χ3n) is 2.75. The third kappa shape index (κ3) is 3.36. The van der Waals surface area contributed by atoms with Gasteiger partial charge in [-0.1, -0.05) is 39.3 Å². The Morgan fingerprint density at radius 1 is 1.26 bits per heavy atom. The van der Waals surface area contributed by atoms with Crippen LogP contribution in [0.25, 0.3) is 0 Å². The highest BCUT2D eigenvalue weighted by molar-refractivity contribution is 5.00. The Kier molecular flexibility index (Phi) is 3.92. The molecule has 0 amide bonds. The molecule has 0 bridgehead atoms. The van der Waals surface area contributed by atoms with Crippen LogP contribution in [0.4, 0.5) is 0 Å². The maximum Gasteiger partial charge on any atom is 0.248 e. The summed E-state index contributed by atoms with van der Waals surface area (Å²) in [4.78, 5) is 4.35. The van der Waals surface area contributed by atoms with Gasteiger partial charge in [-0.3, -0.25) is 0 Å². The predicted molar refractivity (Wildman–Crippen MR) is 68.5 cm³/mol. The van der Waals surface area contributed by atoms with Gasteiger partial charge in [-0.05, 0) is 16.8 Å². The van der Waals surface area contributed by atoms with Gasteiger partial charge in [-0.25, -0.2) is 4.68 Å². The SMILES string of the molecule is CCCCc1noc(Cn2nnnc2C(C)(C)C)n1. The molecule has 0 saturated heterocycles. The molecule has 2 aromatic heterocycles. The second-order valence-electron chi connectivity index (χ2n) is 5.62. The largest absolute Gasteiger partial charge is 0.337 e. The maximum atomic E-state index is 5.23. The van der Waals surface area contributed by atoms with Crippen LogP contribution in [0.15, 0.2) is 4.52 Å². The van der Waals surface area contributed by atoms with Gasteiger partial charge in [0.05, 0.1) is 0 Å². The first-order valence-electron chi connectivity index (χ1n) is 6.59. The van der Waals surface area contributed by atoms with E-state index in [0.717, 1.165) is 30.9 Å². The molecule has 0 aliphatic rings. The predicted octanol–water partition coefficient (Wildman–Crippen LogP) is 1.74. The van der Waals surface area contributed by atoms with Crippen molar-refractivity contribution in [3.8, 4) is 0 Å². The Labute approximate surface area is 112 Å². The topological polar surface area (TPSA) is 82.5 Å². The first kappa shape index (κ1) is 13.6. The van der Waals surface area contributed by atoms with Crippen LogP contribution in [-0.2, 0) is 18.4 Å². The van der Waals surface area contributed by atoms with Gasteiger partial charge >= 0.3 is 0 Å². The molecule has 2 rings (SSSR count). The summed E-state index contributed by atoms with van der Waals surface area (Å²) in [6, 6.07) is 0. The normalized spacial score (nSPS) is 12.0. The minimum atomic E-state index is -0.117. The van der Waals surface area contributed by atoms with E-state index < -0.39 is 0 Å². The second-order valence-corrected chi connectivity index (χ2v) is 5.62. The molecule has 0 unspecified atom stereocenters. The smallest absolute Gasteiger partial charge is 0.248 e. The fourth-order valence-electron chi connectivity index (χ4n) is 1.77. The highest BCUT2D eigenvalue weighted by atomic mass is 16.5. The molecule has 0 aromatic carbocycles.